The molecular formula is C13H23N3O2. The molecule has 0 aromatic carbocycles. The number of nitrogens with zero attached hydrogens (tertiary/aromatic N) is 1. The Morgan fingerprint density at radius 2 is 2.22 bits per heavy atom. The Morgan fingerprint density at radius 1 is 1.44 bits per heavy atom. The molecule has 1 heterocycles. The first-order chi connectivity index (χ1) is 8.67. The van der Waals surface area contributed by atoms with Crippen LogP contribution < -0.4 is 11.1 Å². The Hall–Kier alpha value is -1.10. The molecule has 18 heavy (non-hydrogen) atoms. The third-order valence-electron chi connectivity index (χ3n) is 4.24. The summed E-state index contributed by atoms with van der Waals surface area (Å²) in [4.78, 5) is 25.6. The van der Waals surface area contributed by atoms with Crippen LogP contribution in [0.2, 0.25) is 0 Å². The average Bonchev–Trinajstić information content (AvgIpc) is 2.98. The fourth-order valence-corrected chi connectivity index (χ4v) is 3.26. The lowest BCUT2D eigenvalue weighted by Gasteiger charge is -2.33. The molecular weight excluding hydrogens is 230 g/mol. The van der Waals surface area contributed by atoms with Crippen LogP contribution in [0.25, 0.3) is 0 Å². The predicted octanol–water partition coefficient (Wildman–Crippen LogP) is 0.241. The van der Waals surface area contributed by atoms with E-state index in [1.165, 1.54) is 0 Å². The van der Waals surface area contributed by atoms with Gasteiger partial charge in [0.05, 0.1) is 0 Å². The van der Waals surface area contributed by atoms with Gasteiger partial charge in [0.1, 0.15) is 6.04 Å². The van der Waals surface area contributed by atoms with Gasteiger partial charge in [-0.2, -0.15) is 0 Å². The SMILES string of the molecule is CCN(C(=O)C1CCC(=O)N1)C1CCCC1CN. The van der Waals surface area contributed by atoms with Gasteiger partial charge in [0.2, 0.25) is 11.8 Å². The van der Waals surface area contributed by atoms with Crippen molar-refractivity contribution in [2.45, 2.75) is 51.1 Å². The smallest absolute Gasteiger partial charge is 0.245 e. The maximum Gasteiger partial charge on any atom is 0.245 e. The molecule has 0 bridgehead atoms. The zero-order chi connectivity index (χ0) is 13.1. The molecule has 2 aliphatic rings. The first-order valence-electron chi connectivity index (χ1n) is 6.97. The highest BCUT2D eigenvalue weighted by Gasteiger charge is 2.37. The summed E-state index contributed by atoms with van der Waals surface area (Å²) in [6.07, 6.45) is 4.41. The topological polar surface area (TPSA) is 75.4 Å². The summed E-state index contributed by atoms with van der Waals surface area (Å²) < 4.78 is 0. The van der Waals surface area contributed by atoms with E-state index >= 15 is 0 Å². The van der Waals surface area contributed by atoms with Gasteiger partial charge in [0.15, 0.2) is 0 Å². The lowest BCUT2D eigenvalue weighted by molar-refractivity contribution is -0.137. The number of carbonyl (C=O) groups is 2. The second-order valence-electron chi connectivity index (χ2n) is 5.28. The van der Waals surface area contributed by atoms with E-state index in [-0.39, 0.29) is 23.9 Å². The molecule has 0 radical (unpaired) electrons. The van der Waals surface area contributed by atoms with Gasteiger partial charge in [-0.15, -0.1) is 0 Å². The monoisotopic (exact) mass is 253 g/mol. The summed E-state index contributed by atoms with van der Waals surface area (Å²) in [5, 5.41) is 2.76. The fraction of sp³-hybridized carbons (Fsp3) is 0.846. The van der Waals surface area contributed by atoms with Crippen molar-refractivity contribution in [2.24, 2.45) is 11.7 Å². The van der Waals surface area contributed by atoms with Crippen molar-refractivity contribution >= 4 is 11.8 Å². The predicted molar refractivity (Wildman–Crippen MR) is 68.7 cm³/mol. The molecule has 2 fully saturated rings. The van der Waals surface area contributed by atoms with Crippen molar-refractivity contribution in [1.82, 2.24) is 10.2 Å². The van der Waals surface area contributed by atoms with Crippen LogP contribution in [0.1, 0.15) is 39.0 Å². The minimum atomic E-state index is -0.309. The van der Waals surface area contributed by atoms with Gasteiger partial charge in [-0.3, -0.25) is 9.59 Å². The Balaban J connectivity index is 2.03. The maximum atomic E-state index is 12.4. The average molecular weight is 253 g/mol. The second-order valence-corrected chi connectivity index (χ2v) is 5.28. The summed E-state index contributed by atoms with van der Waals surface area (Å²) in [6, 6.07) is -0.0403. The molecule has 2 rings (SSSR count). The molecule has 3 N–H and O–H groups in total. The van der Waals surface area contributed by atoms with E-state index in [9.17, 15) is 9.59 Å². The van der Waals surface area contributed by atoms with Gasteiger partial charge >= 0.3 is 0 Å². The molecule has 5 nitrogen and oxygen atoms in total. The third-order valence-corrected chi connectivity index (χ3v) is 4.24. The first kappa shape index (κ1) is 13.3. The summed E-state index contributed by atoms with van der Waals surface area (Å²) in [6.45, 7) is 3.35. The van der Waals surface area contributed by atoms with Crippen molar-refractivity contribution in [2.75, 3.05) is 13.1 Å². The lowest BCUT2D eigenvalue weighted by Crippen LogP contribution is -2.50. The van der Waals surface area contributed by atoms with Crippen LogP contribution >= 0.6 is 0 Å². The molecule has 2 amide bonds. The van der Waals surface area contributed by atoms with Crippen molar-refractivity contribution in [3.05, 3.63) is 0 Å². The van der Waals surface area contributed by atoms with Crippen LogP contribution in [0.5, 0.6) is 0 Å². The molecule has 1 aliphatic carbocycles. The highest BCUT2D eigenvalue weighted by atomic mass is 16.2. The van der Waals surface area contributed by atoms with E-state index < -0.39 is 0 Å². The fourth-order valence-electron chi connectivity index (χ4n) is 3.26. The van der Waals surface area contributed by atoms with Crippen molar-refractivity contribution in [3.8, 4) is 0 Å². The summed E-state index contributed by atoms with van der Waals surface area (Å²) in [5.41, 5.74) is 5.78. The van der Waals surface area contributed by atoms with E-state index in [4.69, 9.17) is 5.73 Å². The van der Waals surface area contributed by atoms with E-state index in [0.29, 0.717) is 31.8 Å². The van der Waals surface area contributed by atoms with Crippen LogP contribution in [0.3, 0.4) is 0 Å². The van der Waals surface area contributed by atoms with Crippen LogP contribution in [0.4, 0.5) is 0 Å². The van der Waals surface area contributed by atoms with Crippen LogP contribution in [-0.4, -0.2) is 41.9 Å². The zero-order valence-corrected chi connectivity index (χ0v) is 11.0. The number of nitrogens with one attached hydrogen (secondary N) is 1. The summed E-state index contributed by atoms with van der Waals surface area (Å²) >= 11 is 0. The van der Waals surface area contributed by atoms with Gasteiger partial charge in [-0.25, -0.2) is 0 Å². The Kier molecular flexibility index (Phi) is 4.22. The molecule has 3 atom stereocenters. The summed E-state index contributed by atoms with van der Waals surface area (Å²) in [7, 11) is 0. The van der Waals surface area contributed by atoms with Crippen LogP contribution in [-0.2, 0) is 9.59 Å². The van der Waals surface area contributed by atoms with E-state index in [1.54, 1.807) is 0 Å². The highest BCUT2D eigenvalue weighted by Crippen LogP contribution is 2.30. The first-order valence-corrected chi connectivity index (χ1v) is 6.97. The third kappa shape index (κ3) is 2.51. The minimum absolute atomic E-state index is 0.00815. The molecule has 3 unspecified atom stereocenters. The molecule has 5 heteroatoms. The molecule has 0 aromatic heterocycles. The van der Waals surface area contributed by atoms with Crippen molar-refractivity contribution in [3.63, 3.8) is 0 Å². The number of rotatable bonds is 4. The van der Waals surface area contributed by atoms with Gasteiger partial charge in [0.25, 0.3) is 0 Å². The number of amides is 2. The molecule has 0 spiro atoms. The number of hydrogen-bond donors (Lipinski definition) is 2. The van der Waals surface area contributed by atoms with E-state index in [0.717, 1.165) is 19.3 Å². The Bertz CT molecular complexity index is 332. The van der Waals surface area contributed by atoms with Gasteiger partial charge in [0, 0.05) is 19.0 Å². The number of carbonyl (C=O) groups excluding carboxylic acids is 2. The quantitative estimate of drug-likeness (QED) is 0.753. The summed E-state index contributed by atoms with van der Waals surface area (Å²) in [5.74, 6) is 0.492. The Morgan fingerprint density at radius 3 is 2.78 bits per heavy atom. The van der Waals surface area contributed by atoms with Gasteiger partial charge in [-0.1, -0.05) is 6.42 Å². The van der Waals surface area contributed by atoms with Crippen LogP contribution in [0.15, 0.2) is 0 Å². The van der Waals surface area contributed by atoms with Gasteiger partial charge < -0.3 is 16.0 Å². The van der Waals surface area contributed by atoms with Crippen LogP contribution in [0, 0.1) is 5.92 Å². The Labute approximate surface area is 108 Å². The lowest BCUT2D eigenvalue weighted by atomic mass is 10.0. The second kappa shape index (κ2) is 5.69. The standard InChI is InChI=1S/C13H23N3O2/c1-2-16(11-5-3-4-9(11)8-14)13(18)10-6-7-12(17)15-10/h9-11H,2-8,14H2,1H3,(H,15,17). The minimum Gasteiger partial charge on any atom is -0.344 e. The van der Waals surface area contributed by atoms with E-state index in [1.807, 2.05) is 11.8 Å². The molecule has 1 saturated heterocycles. The molecule has 1 aliphatic heterocycles. The molecule has 1 saturated carbocycles. The van der Waals surface area contributed by atoms with E-state index in [2.05, 4.69) is 5.32 Å². The molecule has 0 aromatic rings. The van der Waals surface area contributed by atoms with Crippen molar-refractivity contribution < 1.29 is 9.59 Å². The number of hydrogen-bond acceptors (Lipinski definition) is 3. The largest absolute Gasteiger partial charge is 0.344 e. The number of nitrogens with two attached hydrogens (primary N) is 1. The number of likely N-dealkylation sites (N-methyl/N-ethyl adjacent to an activating group) is 1. The highest BCUT2D eigenvalue weighted by molar-refractivity contribution is 5.91. The van der Waals surface area contributed by atoms with Crippen molar-refractivity contribution in [1.29, 1.82) is 0 Å². The molecule has 102 valence electrons. The normalized spacial score (nSPS) is 31.4. The maximum absolute atomic E-state index is 12.4. The zero-order valence-electron chi connectivity index (χ0n) is 11.0. The van der Waals surface area contributed by atoms with Gasteiger partial charge in [-0.05, 0) is 38.6 Å².